The fourth-order valence-corrected chi connectivity index (χ4v) is 5.05. The predicted molar refractivity (Wildman–Crippen MR) is 119 cm³/mol. The molecule has 2 aliphatic rings. The number of hydrogen-bond acceptors (Lipinski definition) is 3. The third-order valence-electron chi connectivity index (χ3n) is 6.21. The molecule has 3 heteroatoms. The van der Waals surface area contributed by atoms with E-state index in [0.29, 0.717) is 6.42 Å². The van der Waals surface area contributed by atoms with Crippen molar-refractivity contribution < 1.29 is 4.79 Å². The summed E-state index contributed by atoms with van der Waals surface area (Å²) in [5, 5.41) is 3.55. The van der Waals surface area contributed by atoms with Gasteiger partial charge in [0.15, 0.2) is 5.78 Å². The highest BCUT2D eigenvalue weighted by molar-refractivity contribution is 6.02. The van der Waals surface area contributed by atoms with E-state index in [0.717, 1.165) is 41.1 Å². The molecule has 29 heavy (non-hydrogen) atoms. The summed E-state index contributed by atoms with van der Waals surface area (Å²) in [7, 11) is 0. The van der Waals surface area contributed by atoms with Gasteiger partial charge in [-0.3, -0.25) is 4.79 Å². The highest BCUT2D eigenvalue weighted by Crippen LogP contribution is 2.52. The molecule has 0 radical (unpaired) electrons. The van der Waals surface area contributed by atoms with Crippen LogP contribution in [0.3, 0.4) is 0 Å². The number of carbonyl (C=O) groups excluding carboxylic acids is 1. The fourth-order valence-electron chi connectivity index (χ4n) is 5.05. The van der Waals surface area contributed by atoms with Gasteiger partial charge >= 0.3 is 0 Å². The number of rotatable bonds is 2. The number of nitrogens with one attached hydrogen (secondary N) is 1. The van der Waals surface area contributed by atoms with Crippen LogP contribution in [0.5, 0.6) is 0 Å². The summed E-state index contributed by atoms with van der Waals surface area (Å²) in [5.74, 6) is 1.14. The first-order valence-electron chi connectivity index (χ1n) is 10.6. The summed E-state index contributed by atoms with van der Waals surface area (Å²) in [6.45, 7) is 13.3. The van der Waals surface area contributed by atoms with E-state index in [9.17, 15) is 4.79 Å². The highest BCUT2D eigenvalue weighted by Gasteiger charge is 2.47. The van der Waals surface area contributed by atoms with Crippen molar-refractivity contribution in [2.45, 2.75) is 66.2 Å². The summed E-state index contributed by atoms with van der Waals surface area (Å²) >= 11 is 0. The lowest BCUT2D eigenvalue weighted by Crippen LogP contribution is -2.42. The number of ketones is 1. The van der Waals surface area contributed by atoms with Crippen LogP contribution < -0.4 is 5.32 Å². The Hall–Kier alpha value is -2.42. The number of benzene rings is 1. The van der Waals surface area contributed by atoms with Gasteiger partial charge in [-0.15, -0.1) is 0 Å². The smallest absolute Gasteiger partial charge is 0.162 e. The van der Waals surface area contributed by atoms with E-state index in [1.165, 1.54) is 5.56 Å². The molecule has 0 saturated carbocycles. The van der Waals surface area contributed by atoms with E-state index in [2.05, 4.69) is 77.2 Å². The molecule has 3 nitrogen and oxygen atoms in total. The molecule has 0 saturated heterocycles. The lowest BCUT2D eigenvalue weighted by atomic mass is 9.61. The first kappa shape index (κ1) is 19.9. The Bertz CT molecular complexity index is 995. The van der Waals surface area contributed by atoms with Crippen LogP contribution in [0.15, 0.2) is 53.9 Å². The number of pyridine rings is 1. The minimum atomic E-state index is -0.494. The lowest BCUT2D eigenvalue weighted by Gasteiger charge is -2.44. The number of aromatic nitrogens is 1. The van der Waals surface area contributed by atoms with Gasteiger partial charge in [-0.25, -0.2) is 4.98 Å². The number of anilines is 1. The van der Waals surface area contributed by atoms with Crippen LogP contribution in [0.25, 0.3) is 0 Å². The van der Waals surface area contributed by atoms with Crippen molar-refractivity contribution in [3.05, 3.63) is 70.6 Å². The zero-order chi connectivity index (χ0) is 21.0. The summed E-state index contributed by atoms with van der Waals surface area (Å²) in [6.07, 6.45) is 4.39. The number of carbonyl (C=O) groups is 1. The van der Waals surface area contributed by atoms with E-state index in [1.54, 1.807) is 0 Å². The number of Topliss-reactive ketones (excluding diaryl/α,β-unsaturated/α-hetero) is 1. The van der Waals surface area contributed by atoms with Gasteiger partial charge in [0.25, 0.3) is 0 Å². The molecule has 1 atom stereocenters. The Balaban J connectivity index is 1.95. The van der Waals surface area contributed by atoms with Gasteiger partial charge in [0.05, 0.1) is 5.41 Å². The molecule has 0 fully saturated rings. The van der Waals surface area contributed by atoms with Crippen LogP contribution >= 0.6 is 0 Å². The van der Waals surface area contributed by atoms with Crippen LogP contribution in [-0.2, 0) is 16.6 Å². The lowest BCUT2D eigenvalue weighted by molar-refractivity contribution is -0.118. The summed E-state index contributed by atoms with van der Waals surface area (Å²) in [4.78, 5) is 18.3. The number of hydrogen-bond donors (Lipinski definition) is 1. The molecule has 1 aliphatic carbocycles. The molecule has 1 aromatic heterocycles. The van der Waals surface area contributed by atoms with Crippen LogP contribution in [-0.4, -0.2) is 10.8 Å². The maximum absolute atomic E-state index is 13.4. The van der Waals surface area contributed by atoms with Gasteiger partial charge in [0, 0.05) is 29.5 Å². The molecule has 4 rings (SSSR count). The monoisotopic (exact) mass is 388 g/mol. The Morgan fingerprint density at radius 1 is 1.07 bits per heavy atom. The molecule has 152 valence electrons. The van der Waals surface area contributed by atoms with E-state index in [-0.39, 0.29) is 16.6 Å². The quantitative estimate of drug-likeness (QED) is 0.681. The van der Waals surface area contributed by atoms with Crippen LogP contribution in [0, 0.1) is 10.8 Å². The predicted octanol–water partition coefficient (Wildman–Crippen LogP) is 6.04. The Kier molecular flexibility index (Phi) is 4.49. The topological polar surface area (TPSA) is 42.0 Å². The van der Waals surface area contributed by atoms with Crippen LogP contribution in [0.1, 0.15) is 71.1 Å². The summed E-state index contributed by atoms with van der Waals surface area (Å²) in [6, 6.07) is 12.7. The second kappa shape index (κ2) is 6.55. The van der Waals surface area contributed by atoms with Crippen molar-refractivity contribution in [2.75, 3.05) is 5.32 Å². The first-order chi connectivity index (χ1) is 13.5. The zero-order valence-corrected chi connectivity index (χ0v) is 18.5. The van der Waals surface area contributed by atoms with Crippen molar-refractivity contribution in [1.82, 2.24) is 4.98 Å². The molecular formula is C26H32N2O. The van der Waals surface area contributed by atoms with E-state index >= 15 is 0 Å². The number of fused-ring (bicyclic) bond motifs is 1. The first-order valence-corrected chi connectivity index (χ1v) is 10.6. The van der Waals surface area contributed by atoms with Crippen molar-refractivity contribution in [1.29, 1.82) is 0 Å². The van der Waals surface area contributed by atoms with Gasteiger partial charge in [-0.1, -0.05) is 65.0 Å². The SMILES string of the molecule is CC(C)(C)Cc1cnc2c(c1)[C@](C)(c1ccccc1)C1=C(CC(C)(C)CC1=O)N2. The molecule has 0 bridgehead atoms. The normalized spacial score (nSPS) is 23.3. The number of allylic oxidation sites excluding steroid dienone is 2. The van der Waals surface area contributed by atoms with Crippen molar-refractivity contribution in [2.24, 2.45) is 10.8 Å². The van der Waals surface area contributed by atoms with E-state index in [4.69, 9.17) is 4.98 Å². The molecular weight excluding hydrogens is 356 g/mol. The van der Waals surface area contributed by atoms with Crippen molar-refractivity contribution in [3.63, 3.8) is 0 Å². The molecule has 0 amide bonds. The summed E-state index contributed by atoms with van der Waals surface area (Å²) < 4.78 is 0. The van der Waals surface area contributed by atoms with Crippen LogP contribution in [0.4, 0.5) is 5.82 Å². The van der Waals surface area contributed by atoms with E-state index < -0.39 is 5.41 Å². The molecule has 1 aliphatic heterocycles. The third kappa shape index (κ3) is 3.52. The molecule has 0 spiro atoms. The fraction of sp³-hybridized carbons (Fsp3) is 0.462. The molecule has 2 heterocycles. The molecule has 1 N–H and O–H groups in total. The zero-order valence-electron chi connectivity index (χ0n) is 18.5. The van der Waals surface area contributed by atoms with Gasteiger partial charge in [-0.05, 0) is 47.8 Å². The largest absolute Gasteiger partial charge is 0.343 e. The Labute approximate surface area is 174 Å². The third-order valence-corrected chi connectivity index (χ3v) is 6.21. The van der Waals surface area contributed by atoms with Gasteiger partial charge in [0.2, 0.25) is 0 Å². The van der Waals surface area contributed by atoms with Gasteiger partial charge < -0.3 is 5.32 Å². The minimum Gasteiger partial charge on any atom is -0.343 e. The van der Waals surface area contributed by atoms with Crippen LogP contribution in [0.2, 0.25) is 0 Å². The molecule has 2 aromatic rings. The average molecular weight is 389 g/mol. The van der Waals surface area contributed by atoms with Crippen molar-refractivity contribution in [3.8, 4) is 0 Å². The van der Waals surface area contributed by atoms with Gasteiger partial charge in [-0.2, -0.15) is 0 Å². The minimum absolute atomic E-state index is 0.0375. The Morgan fingerprint density at radius 3 is 2.41 bits per heavy atom. The maximum Gasteiger partial charge on any atom is 0.162 e. The highest BCUT2D eigenvalue weighted by atomic mass is 16.1. The van der Waals surface area contributed by atoms with Gasteiger partial charge in [0.1, 0.15) is 5.82 Å². The average Bonchev–Trinajstić information content (AvgIpc) is 2.60. The molecule has 0 unspecified atom stereocenters. The summed E-state index contributed by atoms with van der Waals surface area (Å²) in [5.41, 5.74) is 5.08. The Morgan fingerprint density at radius 2 is 1.76 bits per heavy atom. The maximum atomic E-state index is 13.4. The standard InChI is InChI=1S/C26H32N2O/c1-24(2,3)13-17-12-19-23(27-16-17)28-20-14-25(4,5)15-21(29)22(20)26(19,6)18-10-8-7-9-11-18/h7-12,16H,13-15H2,1-6H3,(H,27,28)/t26-/m0/s1. The number of nitrogens with zero attached hydrogens (tertiary/aromatic N) is 1. The second-order valence-electron chi connectivity index (χ2n) is 10.9. The van der Waals surface area contributed by atoms with E-state index in [1.807, 2.05) is 12.3 Å². The van der Waals surface area contributed by atoms with Crippen molar-refractivity contribution >= 4 is 11.6 Å². The second-order valence-corrected chi connectivity index (χ2v) is 10.9. The molecule has 1 aromatic carbocycles.